The zero-order valence-electron chi connectivity index (χ0n) is 11.5. The van der Waals surface area contributed by atoms with Crippen molar-refractivity contribution >= 4 is 17.3 Å². The van der Waals surface area contributed by atoms with Crippen molar-refractivity contribution in [3.05, 3.63) is 15.6 Å². The van der Waals surface area contributed by atoms with Gasteiger partial charge in [-0.2, -0.15) is 0 Å². The summed E-state index contributed by atoms with van der Waals surface area (Å²) in [6.07, 6.45) is 0.0872. The molecule has 0 saturated carbocycles. The Morgan fingerprint density at radius 2 is 2.21 bits per heavy atom. The second-order valence-electron chi connectivity index (χ2n) is 5.08. The van der Waals surface area contributed by atoms with Gasteiger partial charge in [0.15, 0.2) is 0 Å². The normalized spacial score (nSPS) is 18.4. The molecule has 106 valence electrons. The standard InChI is InChI=1S/C13H21N3O2S/c1-9(8-16-5-3-14-4-6-16)13-15-10(2)11(19-13)7-12(17)18/h9,14H,3-8H2,1-2H3,(H,17,18). The lowest BCUT2D eigenvalue weighted by Gasteiger charge is -2.29. The molecule has 0 radical (unpaired) electrons. The van der Waals surface area contributed by atoms with Gasteiger partial charge in [-0.3, -0.25) is 4.79 Å². The Morgan fingerprint density at radius 3 is 2.84 bits per heavy atom. The van der Waals surface area contributed by atoms with Gasteiger partial charge in [-0.1, -0.05) is 6.92 Å². The predicted molar refractivity (Wildman–Crippen MR) is 75.9 cm³/mol. The minimum atomic E-state index is -0.784. The maximum absolute atomic E-state index is 10.8. The number of carboxylic acids is 1. The van der Waals surface area contributed by atoms with E-state index in [-0.39, 0.29) is 6.42 Å². The monoisotopic (exact) mass is 283 g/mol. The average molecular weight is 283 g/mol. The molecule has 1 aliphatic heterocycles. The molecule has 1 fully saturated rings. The van der Waals surface area contributed by atoms with Gasteiger partial charge in [0.05, 0.1) is 17.1 Å². The Bertz CT molecular complexity index is 441. The van der Waals surface area contributed by atoms with E-state index in [0.29, 0.717) is 5.92 Å². The number of aromatic nitrogens is 1. The third-order valence-electron chi connectivity index (χ3n) is 3.38. The SMILES string of the molecule is Cc1nc(C(C)CN2CCNCC2)sc1CC(=O)O. The number of carbonyl (C=O) groups is 1. The Kier molecular flexibility index (Phi) is 4.90. The second kappa shape index (κ2) is 6.45. The summed E-state index contributed by atoms with van der Waals surface area (Å²) in [6, 6.07) is 0. The topological polar surface area (TPSA) is 65.5 Å². The fourth-order valence-electron chi connectivity index (χ4n) is 2.32. The number of hydrogen-bond donors (Lipinski definition) is 2. The Morgan fingerprint density at radius 1 is 1.53 bits per heavy atom. The highest BCUT2D eigenvalue weighted by Gasteiger charge is 2.19. The molecule has 0 amide bonds. The maximum Gasteiger partial charge on any atom is 0.308 e. The molecule has 0 spiro atoms. The fourth-order valence-corrected chi connectivity index (χ4v) is 3.42. The van der Waals surface area contributed by atoms with Crippen LogP contribution in [0.1, 0.15) is 28.4 Å². The van der Waals surface area contributed by atoms with Crippen molar-refractivity contribution in [1.29, 1.82) is 0 Å². The first-order chi connectivity index (χ1) is 9.06. The number of aliphatic carboxylic acids is 1. The van der Waals surface area contributed by atoms with Gasteiger partial charge in [-0.25, -0.2) is 4.98 Å². The van der Waals surface area contributed by atoms with E-state index in [1.807, 2.05) is 6.92 Å². The molecule has 5 nitrogen and oxygen atoms in total. The van der Waals surface area contributed by atoms with Crippen LogP contribution in [0, 0.1) is 6.92 Å². The van der Waals surface area contributed by atoms with Crippen LogP contribution >= 0.6 is 11.3 Å². The van der Waals surface area contributed by atoms with Crippen molar-refractivity contribution in [3.8, 4) is 0 Å². The number of aryl methyl sites for hydroxylation is 1. The van der Waals surface area contributed by atoms with E-state index < -0.39 is 5.97 Å². The minimum absolute atomic E-state index is 0.0872. The van der Waals surface area contributed by atoms with E-state index in [4.69, 9.17) is 5.11 Å². The first-order valence-electron chi connectivity index (χ1n) is 6.67. The summed E-state index contributed by atoms with van der Waals surface area (Å²) in [5.41, 5.74) is 0.870. The van der Waals surface area contributed by atoms with Gasteiger partial charge < -0.3 is 15.3 Å². The molecular weight excluding hydrogens is 262 g/mol. The van der Waals surface area contributed by atoms with Crippen LogP contribution in [0.3, 0.4) is 0 Å². The van der Waals surface area contributed by atoms with Crippen LogP contribution in [0.4, 0.5) is 0 Å². The molecule has 1 aromatic rings. The van der Waals surface area contributed by atoms with Crippen LogP contribution in [0.2, 0.25) is 0 Å². The van der Waals surface area contributed by atoms with Crippen molar-refractivity contribution in [2.24, 2.45) is 0 Å². The first-order valence-corrected chi connectivity index (χ1v) is 7.49. The molecule has 2 heterocycles. The summed E-state index contributed by atoms with van der Waals surface area (Å²) >= 11 is 1.55. The van der Waals surface area contributed by atoms with E-state index in [2.05, 4.69) is 22.1 Å². The predicted octanol–water partition coefficient (Wildman–Crippen LogP) is 1.09. The third-order valence-corrected chi connectivity index (χ3v) is 4.77. The smallest absolute Gasteiger partial charge is 0.308 e. The minimum Gasteiger partial charge on any atom is -0.481 e. The van der Waals surface area contributed by atoms with E-state index >= 15 is 0 Å². The van der Waals surface area contributed by atoms with E-state index in [1.165, 1.54) is 0 Å². The van der Waals surface area contributed by atoms with E-state index in [9.17, 15) is 4.79 Å². The lowest BCUT2D eigenvalue weighted by atomic mass is 10.1. The number of thiazole rings is 1. The van der Waals surface area contributed by atoms with Gasteiger partial charge in [0.25, 0.3) is 0 Å². The number of carboxylic acid groups (broad SMARTS) is 1. The van der Waals surface area contributed by atoms with Crippen LogP contribution in [0.5, 0.6) is 0 Å². The Hall–Kier alpha value is -0.980. The molecule has 1 aromatic heterocycles. The van der Waals surface area contributed by atoms with E-state index in [1.54, 1.807) is 11.3 Å². The molecule has 19 heavy (non-hydrogen) atoms. The van der Waals surface area contributed by atoms with Gasteiger partial charge in [-0.15, -0.1) is 11.3 Å². The molecule has 0 bridgehead atoms. The summed E-state index contributed by atoms with van der Waals surface area (Å²) in [6.45, 7) is 9.33. The molecule has 2 rings (SSSR count). The summed E-state index contributed by atoms with van der Waals surface area (Å²) in [5, 5.41) is 13.3. The second-order valence-corrected chi connectivity index (χ2v) is 6.20. The highest BCUT2D eigenvalue weighted by atomic mass is 32.1. The zero-order valence-corrected chi connectivity index (χ0v) is 12.3. The van der Waals surface area contributed by atoms with Crippen molar-refractivity contribution < 1.29 is 9.90 Å². The molecule has 1 aliphatic rings. The third kappa shape index (κ3) is 3.99. The number of nitrogens with one attached hydrogen (secondary N) is 1. The van der Waals surface area contributed by atoms with Gasteiger partial charge in [0.1, 0.15) is 0 Å². The fraction of sp³-hybridized carbons (Fsp3) is 0.692. The van der Waals surface area contributed by atoms with Crippen molar-refractivity contribution in [2.45, 2.75) is 26.2 Å². The lowest BCUT2D eigenvalue weighted by molar-refractivity contribution is -0.136. The van der Waals surface area contributed by atoms with Crippen LogP contribution < -0.4 is 5.32 Å². The Labute approximate surface area is 117 Å². The van der Waals surface area contributed by atoms with Gasteiger partial charge in [0.2, 0.25) is 0 Å². The summed E-state index contributed by atoms with van der Waals surface area (Å²) in [4.78, 5) is 18.6. The number of rotatable bonds is 5. The molecule has 6 heteroatoms. The molecule has 1 atom stereocenters. The highest BCUT2D eigenvalue weighted by molar-refractivity contribution is 7.11. The van der Waals surface area contributed by atoms with Gasteiger partial charge in [-0.05, 0) is 6.92 Å². The molecule has 0 aromatic carbocycles. The Balaban J connectivity index is 1.98. The number of hydrogen-bond acceptors (Lipinski definition) is 5. The summed E-state index contributed by atoms with van der Waals surface area (Å²) in [5.74, 6) is -0.419. The van der Waals surface area contributed by atoms with Crippen molar-refractivity contribution in [3.63, 3.8) is 0 Å². The molecule has 1 saturated heterocycles. The van der Waals surface area contributed by atoms with Gasteiger partial charge >= 0.3 is 5.97 Å². The highest BCUT2D eigenvalue weighted by Crippen LogP contribution is 2.26. The van der Waals surface area contributed by atoms with Crippen LogP contribution in [-0.2, 0) is 11.2 Å². The largest absolute Gasteiger partial charge is 0.481 e. The van der Waals surface area contributed by atoms with Crippen molar-refractivity contribution in [1.82, 2.24) is 15.2 Å². The first kappa shape index (κ1) is 14.4. The van der Waals surface area contributed by atoms with E-state index in [0.717, 1.165) is 48.3 Å². The summed E-state index contributed by atoms with van der Waals surface area (Å²) < 4.78 is 0. The maximum atomic E-state index is 10.8. The summed E-state index contributed by atoms with van der Waals surface area (Å²) in [7, 11) is 0. The lowest BCUT2D eigenvalue weighted by Crippen LogP contribution is -2.44. The van der Waals surface area contributed by atoms with Crippen molar-refractivity contribution in [2.75, 3.05) is 32.7 Å². The molecule has 0 aliphatic carbocycles. The number of nitrogens with zero attached hydrogens (tertiary/aromatic N) is 2. The number of piperazine rings is 1. The van der Waals surface area contributed by atoms with Crippen LogP contribution in [0.25, 0.3) is 0 Å². The molecule has 1 unspecified atom stereocenters. The molecular formula is C13H21N3O2S. The van der Waals surface area contributed by atoms with Crippen LogP contribution in [0.15, 0.2) is 0 Å². The quantitative estimate of drug-likeness (QED) is 0.847. The average Bonchev–Trinajstić information content (AvgIpc) is 2.71. The molecule has 2 N–H and O–H groups in total. The van der Waals surface area contributed by atoms with Gasteiger partial charge in [0, 0.05) is 43.5 Å². The zero-order chi connectivity index (χ0) is 13.8. The van der Waals surface area contributed by atoms with Crippen LogP contribution in [-0.4, -0.2) is 53.7 Å².